The van der Waals surface area contributed by atoms with Crippen LogP contribution in [0.25, 0.3) is 26.9 Å². The second-order valence-electron chi connectivity index (χ2n) is 7.77. The molecule has 174 valence electrons. The molecule has 3 aromatic rings. The topological polar surface area (TPSA) is 53.7 Å². The standard InChI is InChI=1S/C24H19ClF3N5O/c1-3-22(34)33-9-8-32(13-15(33)12-29-2)23-18-10-20(25)17(11-21(18)30-14-31-23)16-6-4-5-7-19(16)24(26,27)28/h3-7,10-11,14-15H,1,8-9,12-13H2. The van der Waals surface area contributed by atoms with Gasteiger partial charge in [-0.15, -0.1) is 0 Å². The lowest BCUT2D eigenvalue weighted by atomic mass is 9.98. The first kappa shape index (κ1) is 23.5. The highest BCUT2D eigenvalue weighted by atomic mass is 35.5. The van der Waals surface area contributed by atoms with Crippen LogP contribution in [0.1, 0.15) is 5.56 Å². The summed E-state index contributed by atoms with van der Waals surface area (Å²) in [5.41, 5.74) is -0.155. The minimum absolute atomic E-state index is 0.0317. The molecule has 1 fully saturated rings. The SMILES string of the molecule is [C-]#[N+]CC1CN(c2ncnc3cc(-c4ccccc4C(F)(F)F)c(Cl)cc23)CCN1C(=O)C=C. The summed E-state index contributed by atoms with van der Waals surface area (Å²) in [4.78, 5) is 27.8. The molecule has 1 aliphatic rings. The number of nitrogens with zero attached hydrogens (tertiary/aromatic N) is 5. The third-order valence-electron chi connectivity index (χ3n) is 5.77. The molecule has 0 spiro atoms. The summed E-state index contributed by atoms with van der Waals surface area (Å²) in [7, 11) is 0. The van der Waals surface area contributed by atoms with E-state index >= 15 is 0 Å². The quantitative estimate of drug-likeness (QED) is 0.381. The van der Waals surface area contributed by atoms with Gasteiger partial charge in [0, 0.05) is 35.6 Å². The van der Waals surface area contributed by atoms with Crippen LogP contribution in [0.5, 0.6) is 0 Å². The van der Waals surface area contributed by atoms with Gasteiger partial charge in [0.05, 0.1) is 11.1 Å². The van der Waals surface area contributed by atoms with E-state index in [1.54, 1.807) is 11.0 Å². The molecule has 0 bridgehead atoms. The number of amides is 1. The molecule has 0 radical (unpaired) electrons. The fourth-order valence-electron chi connectivity index (χ4n) is 4.20. The minimum atomic E-state index is -4.54. The molecule has 6 nitrogen and oxygen atoms in total. The number of fused-ring (bicyclic) bond motifs is 1. The second-order valence-corrected chi connectivity index (χ2v) is 8.17. The zero-order valence-electron chi connectivity index (χ0n) is 17.9. The Balaban J connectivity index is 1.76. The molecule has 1 aromatic heterocycles. The van der Waals surface area contributed by atoms with Gasteiger partial charge in [-0.3, -0.25) is 4.79 Å². The van der Waals surface area contributed by atoms with Crippen LogP contribution >= 0.6 is 11.6 Å². The second kappa shape index (κ2) is 9.31. The van der Waals surface area contributed by atoms with Gasteiger partial charge in [-0.2, -0.15) is 13.2 Å². The largest absolute Gasteiger partial charge is 0.417 e. The van der Waals surface area contributed by atoms with Crippen molar-refractivity contribution < 1.29 is 18.0 Å². The maximum Gasteiger partial charge on any atom is 0.417 e. The molecule has 1 atom stereocenters. The van der Waals surface area contributed by atoms with Gasteiger partial charge < -0.3 is 14.6 Å². The predicted octanol–water partition coefficient (Wildman–Crippen LogP) is 5.09. The van der Waals surface area contributed by atoms with E-state index in [9.17, 15) is 18.0 Å². The van der Waals surface area contributed by atoms with Gasteiger partial charge in [0.25, 0.3) is 0 Å². The highest BCUT2D eigenvalue weighted by Crippen LogP contribution is 2.41. The summed E-state index contributed by atoms with van der Waals surface area (Å²) in [6, 6.07) is 8.00. The van der Waals surface area contributed by atoms with Crippen LogP contribution in [0, 0.1) is 6.57 Å². The van der Waals surface area contributed by atoms with Crippen LogP contribution in [0.4, 0.5) is 19.0 Å². The number of rotatable bonds is 4. The lowest BCUT2D eigenvalue weighted by Crippen LogP contribution is -2.56. The van der Waals surface area contributed by atoms with Crippen molar-refractivity contribution in [2.24, 2.45) is 0 Å². The van der Waals surface area contributed by atoms with Gasteiger partial charge in [0.2, 0.25) is 12.5 Å². The highest BCUT2D eigenvalue weighted by Gasteiger charge is 2.35. The van der Waals surface area contributed by atoms with Crippen molar-refractivity contribution >= 4 is 34.2 Å². The Morgan fingerprint density at radius 1 is 1.24 bits per heavy atom. The first-order valence-electron chi connectivity index (χ1n) is 10.4. The molecule has 0 N–H and O–H groups in total. The number of alkyl halides is 3. The van der Waals surface area contributed by atoms with Crippen molar-refractivity contribution in [3.8, 4) is 11.1 Å². The van der Waals surface area contributed by atoms with Crippen LogP contribution < -0.4 is 4.90 Å². The molecule has 1 aliphatic heterocycles. The molecule has 4 rings (SSSR count). The average molecular weight is 486 g/mol. The number of piperazine rings is 1. The first-order chi connectivity index (χ1) is 16.2. The Bertz CT molecular complexity index is 1300. The third-order valence-corrected chi connectivity index (χ3v) is 6.08. The Hall–Kier alpha value is -3.64. The third kappa shape index (κ3) is 4.41. The van der Waals surface area contributed by atoms with Crippen molar-refractivity contribution in [1.82, 2.24) is 14.9 Å². The normalized spacial score (nSPS) is 16.4. The Morgan fingerprint density at radius 2 is 2.00 bits per heavy atom. The van der Waals surface area contributed by atoms with E-state index < -0.39 is 11.7 Å². The van der Waals surface area contributed by atoms with E-state index in [1.807, 2.05) is 4.90 Å². The zero-order chi connectivity index (χ0) is 24.5. The van der Waals surface area contributed by atoms with Gasteiger partial charge in [0.1, 0.15) is 18.2 Å². The number of carbonyl (C=O) groups is 1. The number of hydrogen-bond donors (Lipinski definition) is 0. The average Bonchev–Trinajstić information content (AvgIpc) is 2.82. The van der Waals surface area contributed by atoms with Crippen LogP contribution in [0.2, 0.25) is 5.02 Å². The summed E-state index contributed by atoms with van der Waals surface area (Å²) in [6.45, 7) is 12.1. The van der Waals surface area contributed by atoms with Crippen LogP contribution in [0.15, 0.2) is 55.4 Å². The summed E-state index contributed by atoms with van der Waals surface area (Å²) >= 11 is 6.49. The fourth-order valence-corrected chi connectivity index (χ4v) is 4.47. The zero-order valence-corrected chi connectivity index (χ0v) is 18.6. The van der Waals surface area contributed by atoms with Crippen molar-refractivity contribution in [3.63, 3.8) is 0 Å². The number of halogens is 4. The van der Waals surface area contributed by atoms with Crippen molar-refractivity contribution in [3.05, 3.63) is 77.4 Å². The number of hydrogen-bond acceptors (Lipinski definition) is 4. The molecule has 1 unspecified atom stereocenters. The smallest absolute Gasteiger partial charge is 0.352 e. The predicted molar refractivity (Wildman–Crippen MR) is 124 cm³/mol. The van der Waals surface area contributed by atoms with Gasteiger partial charge in [0.15, 0.2) is 0 Å². The maximum atomic E-state index is 13.6. The molecular weight excluding hydrogens is 467 g/mol. The number of anilines is 1. The van der Waals surface area contributed by atoms with E-state index in [4.69, 9.17) is 18.2 Å². The Morgan fingerprint density at radius 3 is 2.71 bits per heavy atom. The molecule has 2 heterocycles. The highest BCUT2D eigenvalue weighted by molar-refractivity contribution is 6.34. The minimum Gasteiger partial charge on any atom is -0.352 e. The Labute approximate surface area is 199 Å². The van der Waals surface area contributed by atoms with E-state index in [1.165, 1.54) is 36.7 Å². The van der Waals surface area contributed by atoms with Crippen LogP contribution in [0.3, 0.4) is 0 Å². The molecule has 10 heteroatoms. The molecule has 1 saturated heterocycles. The van der Waals surface area contributed by atoms with E-state index in [-0.39, 0.29) is 34.6 Å². The summed E-state index contributed by atoms with van der Waals surface area (Å²) < 4.78 is 40.7. The van der Waals surface area contributed by atoms with E-state index in [0.717, 1.165) is 6.07 Å². The monoisotopic (exact) mass is 485 g/mol. The maximum absolute atomic E-state index is 13.6. The molecular formula is C24H19ClF3N5O. The molecule has 2 aromatic carbocycles. The first-order valence-corrected chi connectivity index (χ1v) is 10.7. The van der Waals surface area contributed by atoms with E-state index in [0.29, 0.717) is 36.4 Å². The number of benzene rings is 2. The summed E-state index contributed by atoms with van der Waals surface area (Å²) in [5.74, 6) is 0.306. The van der Waals surface area contributed by atoms with Crippen LogP contribution in [-0.2, 0) is 11.0 Å². The number of aromatic nitrogens is 2. The Kier molecular flexibility index (Phi) is 6.44. The van der Waals surface area contributed by atoms with Crippen molar-refractivity contribution in [2.75, 3.05) is 31.1 Å². The molecule has 1 amide bonds. The molecule has 0 aliphatic carbocycles. The fraction of sp³-hybridized carbons (Fsp3) is 0.250. The van der Waals surface area contributed by atoms with Gasteiger partial charge in [-0.25, -0.2) is 16.5 Å². The molecule has 0 saturated carbocycles. The van der Waals surface area contributed by atoms with Gasteiger partial charge in [-0.1, -0.05) is 36.4 Å². The van der Waals surface area contributed by atoms with Crippen molar-refractivity contribution in [2.45, 2.75) is 12.2 Å². The van der Waals surface area contributed by atoms with Gasteiger partial charge >= 0.3 is 6.18 Å². The lowest BCUT2D eigenvalue weighted by Gasteiger charge is -2.39. The summed E-state index contributed by atoms with van der Waals surface area (Å²) in [6.07, 6.45) is -1.96. The van der Waals surface area contributed by atoms with Crippen LogP contribution in [-0.4, -0.2) is 53.0 Å². The number of carbonyl (C=O) groups excluding carboxylic acids is 1. The lowest BCUT2D eigenvalue weighted by molar-refractivity contribution is -0.137. The van der Waals surface area contributed by atoms with Gasteiger partial charge in [-0.05, 0) is 29.8 Å². The molecule has 34 heavy (non-hydrogen) atoms. The summed E-state index contributed by atoms with van der Waals surface area (Å²) in [5, 5.41) is 0.712. The van der Waals surface area contributed by atoms with E-state index in [2.05, 4.69) is 21.4 Å². The van der Waals surface area contributed by atoms with Crippen molar-refractivity contribution in [1.29, 1.82) is 0 Å².